The van der Waals surface area contributed by atoms with Crippen LogP contribution in [-0.2, 0) is 0 Å². The topological polar surface area (TPSA) is 38.0 Å². The number of nitrogens with one attached hydrogen (secondary N) is 1. The molecule has 2 nitrogen and oxygen atoms in total. The summed E-state index contributed by atoms with van der Waals surface area (Å²) in [5, 5.41) is 3.37. The summed E-state index contributed by atoms with van der Waals surface area (Å²) in [6.45, 7) is 12.9. The normalized spacial score (nSPS) is 13.9. The summed E-state index contributed by atoms with van der Waals surface area (Å²) < 4.78 is 0. The van der Waals surface area contributed by atoms with E-state index in [0.717, 1.165) is 0 Å². The largest absolute Gasteiger partial charge is 0.324 e. The van der Waals surface area contributed by atoms with E-state index in [9.17, 15) is 0 Å². The minimum absolute atomic E-state index is 0.182. The molecular weight excluding hydrogens is 208 g/mol. The minimum Gasteiger partial charge on any atom is -0.324 e. The van der Waals surface area contributed by atoms with Crippen LogP contribution in [0, 0.1) is 27.7 Å². The van der Waals surface area contributed by atoms with Crippen molar-refractivity contribution in [2.24, 2.45) is 5.73 Å². The van der Waals surface area contributed by atoms with E-state index >= 15 is 0 Å². The Bertz CT molecular complexity index is 388. The number of rotatable bonds is 3. The van der Waals surface area contributed by atoms with Gasteiger partial charge in [-0.2, -0.15) is 0 Å². The number of nitrogens with two attached hydrogens (primary N) is 1. The van der Waals surface area contributed by atoms with Crippen LogP contribution in [0.25, 0.3) is 0 Å². The molecule has 0 aliphatic carbocycles. The molecule has 0 bridgehead atoms. The Morgan fingerprint density at radius 2 is 1.47 bits per heavy atom. The van der Waals surface area contributed by atoms with E-state index in [1.807, 2.05) is 7.05 Å². The van der Waals surface area contributed by atoms with E-state index < -0.39 is 0 Å². The molecule has 1 unspecified atom stereocenters. The van der Waals surface area contributed by atoms with Crippen molar-refractivity contribution in [3.05, 3.63) is 33.9 Å². The fourth-order valence-corrected chi connectivity index (χ4v) is 2.57. The first-order valence-electron chi connectivity index (χ1n) is 6.23. The van der Waals surface area contributed by atoms with Gasteiger partial charge in [-0.3, -0.25) is 0 Å². The molecule has 2 heteroatoms. The maximum atomic E-state index is 6.30. The fourth-order valence-electron chi connectivity index (χ4n) is 2.57. The van der Waals surface area contributed by atoms with Gasteiger partial charge in [-0.1, -0.05) is 6.07 Å². The molecule has 96 valence electrons. The van der Waals surface area contributed by atoms with E-state index in [1.54, 1.807) is 0 Å². The molecule has 0 aliphatic heterocycles. The number of aryl methyl sites for hydroxylation is 2. The number of benzene rings is 1. The Balaban J connectivity index is 3.48. The maximum absolute atomic E-state index is 6.30. The second-order valence-electron chi connectivity index (χ2n) is 5.72. The van der Waals surface area contributed by atoms with Gasteiger partial charge in [0.2, 0.25) is 0 Å². The summed E-state index contributed by atoms with van der Waals surface area (Å²) >= 11 is 0. The molecule has 0 amide bonds. The van der Waals surface area contributed by atoms with Crippen LogP contribution < -0.4 is 11.1 Å². The molecule has 0 aliphatic rings. The van der Waals surface area contributed by atoms with Crippen LogP contribution in [0.4, 0.5) is 0 Å². The van der Waals surface area contributed by atoms with Gasteiger partial charge in [0.15, 0.2) is 0 Å². The molecule has 0 heterocycles. The lowest BCUT2D eigenvalue weighted by molar-refractivity contribution is 0.367. The standard InChI is InChI=1S/C15H26N2/c1-9-8-10(2)12(4)13(11(9)3)14(17-7)15(5,6)16/h8,14,17H,16H2,1-7H3. The quantitative estimate of drug-likeness (QED) is 0.844. The van der Waals surface area contributed by atoms with Gasteiger partial charge < -0.3 is 11.1 Å². The van der Waals surface area contributed by atoms with Crippen LogP contribution in [0.1, 0.15) is 47.7 Å². The molecule has 0 fully saturated rings. The van der Waals surface area contributed by atoms with Crippen molar-refractivity contribution in [1.82, 2.24) is 5.32 Å². The van der Waals surface area contributed by atoms with Gasteiger partial charge in [-0.15, -0.1) is 0 Å². The molecular formula is C15H26N2. The highest BCUT2D eigenvalue weighted by Gasteiger charge is 2.28. The smallest absolute Gasteiger partial charge is 0.0500 e. The summed E-state index contributed by atoms with van der Waals surface area (Å²) in [7, 11) is 1.98. The van der Waals surface area contributed by atoms with E-state index in [-0.39, 0.29) is 11.6 Å². The summed E-state index contributed by atoms with van der Waals surface area (Å²) in [5.41, 5.74) is 12.8. The first-order chi connectivity index (χ1) is 7.70. The van der Waals surface area contributed by atoms with Crippen molar-refractivity contribution in [3.63, 3.8) is 0 Å². The molecule has 1 rings (SSSR count). The van der Waals surface area contributed by atoms with E-state index in [1.165, 1.54) is 27.8 Å². The third-order valence-corrected chi connectivity index (χ3v) is 3.75. The van der Waals surface area contributed by atoms with Crippen molar-refractivity contribution in [3.8, 4) is 0 Å². The van der Waals surface area contributed by atoms with Crippen LogP contribution in [-0.4, -0.2) is 12.6 Å². The Kier molecular flexibility index (Phi) is 4.00. The molecule has 0 saturated heterocycles. The number of likely N-dealkylation sites (N-methyl/N-ethyl adjacent to an activating group) is 1. The lowest BCUT2D eigenvalue weighted by atomic mass is 9.82. The molecule has 1 atom stereocenters. The Hall–Kier alpha value is -0.860. The van der Waals surface area contributed by atoms with E-state index in [2.05, 4.69) is 52.9 Å². The highest BCUT2D eigenvalue weighted by Crippen LogP contribution is 2.32. The van der Waals surface area contributed by atoms with E-state index in [4.69, 9.17) is 5.73 Å². The molecule has 0 radical (unpaired) electrons. The molecule has 0 saturated carbocycles. The summed E-state index contributed by atoms with van der Waals surface area (Å²) in [6, 6.07) is 2.44. The zero-order chi connectivity index (χ0) is 13.4. The van der Waals surface area contributed by atoms with Crippen LogP contribution in [0.5, 0.6) is 0 Å². The second-order valence-corrected chi connectivity index (χ2v) is 5.72. The SMILES string of the molecule is CNC(c1c(C)c(C)cc(C)c1C)C(C)(C)N. The molecule has 3 N–H and O–H groups in total. The van der Waals surface area contributed by atoms with Gasteiger partial charge in [-0.25, -0.2) is 0 Å². The molecule has 17 heavy (non-hydrogen) atoms. The van der Waals surface area contributed by atoms with Crippen molar-refractivity contribution < 1.29 is 0 Å². The highest BCUT2D eigenvalue weighted by molar-refractivity contribution is 5.46. The summed E-state index contributed by atoms with van der Waals surface area (Å²) in [4.78, 5) is 0. The van der Waals surface area contributed by atoms with Crippen molar-refractivity contribution in [2.45, 2.75) is 53.1 Å². The minimum atomic E-state index is -0.273. The van der Waals surface area contributed by atoms with Crippen LogP contribution in [0.2, 0.25) is 0 Å². The first-order valence-corrected chi connectivity index (χ1v) is 6.23. The average molecular weight is 234 g/mol. The van der Waals surface area contributed by atoms with Crippen molar-refractivity contribution in [1.29, 1.82) is 0 Å². The van der Waals surface area contributed by atoms with Gasteiger partial charge in [0.25, 0.3) is 0 Å². The molecule has 1 aromatic rings. The zero-order valence-electron chi connectivity index (χ0n) is 12.2. The van der Waals surface area contributed by atoms with E-state index in [0.29, 0.717) is 0 Å². The van der Waals surface area contributed by atoms with Crippen LogP contribution in [0.3, 0.4) is 0 Å². The van der Waals surface area contributed by atoms with Gasteiger partial charge >= 0.3 is 0 Å². The Morgan fingerprint density at radius 1 is 1.06 bits per heavy atom. The van der Waals surface area contributed by atoms with Gasteiger partial charge in [0, 0.05) is 11.6 Å². The second kappa shape index (κ2) is 4.79. The lowest BCUT2D eigenvalue weighted by Crippen LogP contribution is -2.46. The van der Waals surface area contributed by atoms with Crippen molar-refractivity contribution in [2.75, 3.05) is 7.05 Å². The molecule has 1 aromatic carbocycles. The van der Waals surface area contributed by atoms with Crippen molar-refractivity contribution >= 4 is 0 Å². The Morgan fingerprint density at radius 3 is 1.76 bits per heavy atom. The maximum Gasteiger partial charge on any atom is 0.0500 e. The average Bonchev–Trinajstić information content (AvgIpc) is 2.19. The van der Waals surface area contributed by atoms with Gasteiger partial charge in [0.05, 0.1) is 0 Å². The highest BCUT2D eigenvalue weighted by atomic mass is 15.0. The van der Waals surface area contributed by atoms with Crippen LogP contribution >= 0.6 is 0 Å². The Labute approximate surface area is 106 Å². The zero-order valence-corrected chi connectivity index (χ0v) is 12.2. The summed E-state index contributed by atoms with van der Waals surface area (Å²) in [5.74, 6) is 0. The predicted octanol–water partition coefficient (Wildman–Crippen LogP) is 2.92. The molecule has 0 spiro atoms. The molecule has 0 aromatic heterocycles. The van der Waals surface area contributed by atoms with Gasteiger partial charge in [-0.05, 0) is 76.4 Å². The fraction of sp³-hybridized carbons (Fsp3) is 0.600. The van der Waals surface area contributed by atoms with Gasteiger partial charge in [0.1, 0.15) is 0 Å². The third-order valence-electron chi connectivity index (χ3n) is 3.75. The third kappa shape index (κ3) is 2.70. The number of hydrogen-bond donors (Lipinski definition) is 2. The van der Waals surface area contributed by atoms with Crippen LogP contribution in [0.15, 0.2) is 6.07 Å². The summed E-state index contributed by atoms with van der Waals surface area (Å²) in [6.07, 6.45) is 0. The number of hydrogen-bond acceptors (Lipinski definition) is 2. The lowest BCUT2D eigenvalue weighted by Gasteiger charge is -2.34. The monoisotopic (exact) mass is 234 g/mol. The predicted molar refractivity (Wildman–Crippen MR) is 75.5 cm³/mol. The first kappa shape index (κ1) is 14.2.